The maximum atomic E-state index is 11.9. The second-order valence-corrected chi connectivity index (χ2v) is 9.33. The van der Waals surface area contributed by atoms with Gasteiger partial charge in [-0.2, -0.15) is 0 Å². The summed E-state index contributed by atoms with van der Waals surface area (Å²) >= 11 is 0. The molecule has 4 aliphatic rings. The summed E-state index contributed by atoms with van der Waals surface area (Å²) in [7, 11) is 0. The number of ketones is 1. The molecule has 4 aliphatic carbocycles. The van der Waals surface area contributed by atoms with Crippen molar-refractivity contribution in [2.24, 2.45) is 23.2 Å². The van der Waals surface area contributed by atoms with Crippen molar-refractivity contribution in [3.05, 3.63) is 0 Å². The lowest BCUT2D eigenvalue weighted by molar-refractivity contribution is -0.119. The lowest BCUT2D eigenvalue weighted by atomic mass is 9.48. The highest BCUT2D eigenvalue weighted by molar-refractivity contribution is 5.78. The zero-order chi connectivity index (χ0) is 16.1. The van der Waals surface area contributed by atoms with E-state index in [9.17, 15) is 4.79 Å². The highest BCUT2D eigenvalue weighted by atomic mass is 16.1. The number of carbonyl (C=O) groups is 1. The molecule has 0 spiro atoms. The molecule has 23 heavy (non-hydrogen) atoms. The fourth-order valence-electron chi connectivity index (χ4n) is 6.47. The summed E-state index contributed by atoms with van der Waals surface area (Å²) in [6.07, 6.45) is 21.3. The van der Waals surface area contributed by atoms with Gasteiger partial charge in [0, 0.05) is 12.8 Å². The molecule has 0 radical (unpaired) electrons. The van der Waals surface area contributed by atoms with E-state index in [1.807, 2.05) is 0 Å². The zero-order valence-electron chi connectivity index (χ0n) is 15.5. The van der Waals surface area contributed by atoms with Crippen LogP contribution in [-0.4, -0.2) is 5.78 Å². The molecule has 0 aromatic rings. The molecule has 4 saturated carbocycles. The number of Topliss-reactive ketones (excluding diaryl/α,β-unsaturated/α-hetero) is 1. The van der Waals surface area contributed by atoms with Crippen LogP contribution in [0.2, 0.25) is 0 Å². The highest BCUT2D eigenvalue weighted by Crippen LogP contribution is 2.61. The van der Waals surface area contributed by atoms with Gasteiger partial charge in [0.25, 0.3) is 0 Å². The SMILES string of the molecule is CCCCCCC(=O)CCCCCC12CC3CC(CC(C3)C1)C2. The van der Waals surface area contributed by atoms with E-state index in [0.29, 0.717) is 5.78 Å². The van der Waals surface area contributed by atoms with Gasteiger partial charge in [-0.05, 0) is 81.0 Å². The number of unbranched alkanes of at least 4 members (excludes halogenated alkanes) is 5. The molecular weight excluding hydrogens is 280 g/mol. The molecule has 0 amide bonds. The monoisotopic (exact) mass is 318 g/mol. The van der Waals surface area contributed by atoms with Gasteiger partial charge in [0.2, 0.25) is 0 Å². The first-order valence-corrected chi connectivity index (χ1v) is 10.7. The van der Waals surface area contributed by atoms with E-state index >= 15 is 0 Å². The maximum absolute atomic E-state index is 11.9. The minimum atomic E-state index is 0.524. The van der Waals surface area contributed by atoms with Gasteiger partial charge in [-0.3, -0.25) is 4.79 Å². The number of hydrogen-bond acceptors (Lipinski definition) is 1. The first-order chi connectivity index (χ1) is 11.2. The molecule has 0 atom stereocenters. The van der Waals surface area contributed by atoms with Crippen LogP contribution in [0.1, 0.15) is 110 Å². The molecule has 1 heteroatoms. The predicted molar refractivity (Wildman–Crippen MR) is 97.5 cm³/mol. The third kappa shape index (κ3) is 4.83. The Morgan fingerprint density at radius 1 is 0.783 bits per heavy atom. The van der Waals surface area contributed by atoms with E-state index in [1.165, 1.54) is 38.5 Å². The first-order valence-electron chi connectivity index (χ1n) is 10.7. The lowest BCUT2D eigenvalue weighted by Crippen LogP contribution is -2.45. The third-order valence-corrected chi connectivity index (χ3v) is 7.14. The third-order valence-electron chi connectivity index (χ3n) is 7.14. The van der Waals surface area contributed by atoms with Crippen molar-refractivity contribution >= 4 is 5.78 Å². The second kappa shape index (κ2) is 8.17. The molecule has 0 aromatic carbocycles. The topological polar surface area (TPSA) is 17.1 Å². The van der Waals surface area contributed by atoms with Gasteiger partial charge in [-0.15, -0.1) is 0 Å². The summed E-state index contributed by atoms with van der Waals surface area (Å²) in [4.78, 5) is 11.9. The Labute approximate surface area is 144 Å². The van der Waals surface area contributed by atoms with E-state index in [0.717, 1.165) is 48.9 Å². The van der Waals surface area contributed by atoms with Crippen LogP contribution in [0.15, 0.2) is 0 Å². The Kier molecular flexibility index (Phi) is 6.21. The highest BCUT2D eigenvalue weighted by Gasteiger charge is 2.50. The Morgan fingerprint density at radius 2 is 1.30 bits per heavy atom. The quantitative estimate of drug-likeness (QED) is 0.388. The van der Waals surface area contributed by atoms with Crippen LogP contribution < -0.4 is 0 Å². The van der Waals surface area contributed by atoms with Gasteiger partial charge in [0.15, 0.2) is 0 Å². The van der Waals surface area contributed by atoms with Crippen LogP contribution >= 0.6 is 0 Å². The fourth-order valence-corrected chi connectivity index (χ4v) is 6.47. The summed E-state index contributed by atoms with van der Waals surface area (Å²) in [6, 6.07) is 0. The van der Waals surface area contributed by atoms with Crippen molar-refractivity contribution in [2.45, 2.75) is 110 Å². The molecule has 0 heterocycles. The van der Waals surface area contributed by atoms with E-state index in [2.05, 4.69) is 6.92 Å². The van der Waals surface area contributed by atoms with Crippen LogP contribution in [0.25, 0.3) is 0 Å². The summed E-state index contributed by atoms with van der Waals surface area (Å²) < 4.78 is 0. The van der Waals surface area contributed by atoms with Gasteiger partial charge < -0.3 is 0 Å². The van der Waals surface area contributed by atoms with Crippen molar-refractivity contribution in [1.82, 2.24) is 0 Å². The van der Waals surface area contributed by atoms with Crippen molar-refractivity contribution in [3.8, 4) is 0 Å². The molecule has 0 saturated heterocycles. The summed E-state index contributed by atoms with van der Waals surface area (Å²) in [5.41, 5.74) is 0.749. The molecule has 0 aromatic heterocycles. The number of carbonyl (C=O) groups excluding carboxylic acids is 1. The Morgan fingerprint density at radius 3 is 1.83 bits per heavy atom. The van der Waals surface area contributed by atoms with Crippen molar-refractivity contribution in [2.75, 3.05) is 0 Å². The Bertz CT molecular complexity index is 348. The maximum Gasteiger partial charge on any atom is 0.132 e. The van der Waals surface area contributed by atoms with Crippen molar-refractivity contribution < 1.29 is 4.79 Å². The van der Waals surface area contributed by atoms with Gasteiger partial charge in [0.1, 0.15) is 5.78 Å². The second-order valence-electron chi connectivity index (χ2n) is 9.33. The fraction of sp³-hybridized carbons (Fsp3) is 0.955. The smallest absolute Gasteiger partial charge is 0.132 e. The van der Waals surface area contributed by atoms with Gasteiger partial charge in [-0.25, -0.2) is 0 Å². The van der Waals surface area contributed by atoms with Crippen LogP contribution in [-0.2, 0) is 4.79 Å². The van der Waals surface area contributed by atoms with Crippen molar-refractivity contribution in [3.63, 3.8) is 0 Å². The molecule has 0 aliphatic heterocycles. The van der Waals surface area contributed by atoms with Gasteiger partial charge >= 0.3 is 0 Å². The molecule has 1 nitrogen and oxygen atoms in total. The van der Waals surface area contributed by atoms with Crippen LogP contribution in [0, 0.1) is 23.2 Å². The summed E-state index contributed by atoms with van der Waals surface area (Å²) in [5, 5.41) is 0. The minimum Gasteiger partial charge on any atom is -0.300 e. The Balaban J connectivity index is 1.26. The molecule has 0 unspecified atom stereocenters. The summed E-state index contributed by atoms with van der Waals surface area (Å²) in [6.45, 7) is 2.23. The van der Waals surface area contributed by atoms with E-state index in [4.69, 9.17) is 0 Å². The minimum absolute atomic E-state index is 0.524. The van der Waals surface area contributed by atoms with Crippen molar-refractivity contribution in [1.29, 1.82) is 0 Å². The Hall–Kier alpha value is -0.330. The van der Waals surface area contributed by atoms with Crippen LogP contribution in [0.4, 0.5) is 0 Å². The summed E-state index contributed by atoms with van der Waals surface area (Å²) in [5.74, 6) is 3.79. The van der Waals surface area contributed by atoms with Gasteiger partial charge in [-0.1, -0.05) is 39.0 Å². The molecule has 4 fully saturated rings. The van der Waals surface area contributed by atoms with E-state index in [1.54, 1.807) is 38.5 Å². The van der Waals surface area contributed by atoms with E-state index < -0.39 is 0 Å². The largest absolute Gasteiger partial charge is 0.300 e. The molecule has 0 N–H and O–H groups in total. The lowest BCUT2D eigenvalue weighted by Gasteiger charge is -2.57. The van der Waals surface area contributed by atoms with Crippen LogP contribution in [0.3, 0.4) is 0 Å². The standard InChI is InChI=1S/C22H38O/c1-2-3-4-6-9-21(23)10-7-5-8-11-22-15-18-12-19(16-22)14-20(13-18)17-22/h18-20H,2-17H2,1H3. The molecule has 4 bridgehead atoms. The molecule has 132 valence electrons. The van der Waals surface area contributed by atoms with Crippen LogP contribution in [0.5, 0.6) is 0 Å². The predicted octanol–water partition coefficient (Wildman–Crippen LogP) is 6.69. The molecular formula is C22H38O. The normalized spacial score (nSPS) is 34.9. The zero-order valence-corrected chi connectivity index (χ0v) is 15.5. The number of hydrogen-bond donors (Lipinski definition) is 0. The van der Waals surface area contributed by atoms with Gasteiger partial charge in [0.05, 0.1) is 0 Å². The average Bonchev–Trinajstić information content (AvgIpc) is 2.50. The average molecular weight is 319 g/mol. The molecule has 4 rings (SSSR count). The number of rotatable bonds is 11. The first kappa shape index (κ1) is 17.5. The van der Waals surface area contributed by atoms with E-state index in [-0.39, 0.29) is 0 Å².